The van der Waals surface area contributed by atoms with Crippen LogP contribution < -0.4 is 20.4 Å². The Kier molecular flexibility index (Phi) is 9.41. The monoisotopic (exact) mass is 774 g/mol. The van der Waals surface area contributed by atoms with E-state index in [0.717, 1.165) is 24.2 Å². The summed E-state index contributed by atoms with van der Waals surface area (Å²) >= 11 is 0. The lowest BCUT2D eigenvalue weighted by Gasteiger charge is -2.46. The Morgan fingerprint density at radius 1 is 0.603 bits per heavy atom. The van der Waals surface area contributed by atoms with E-state index in [0.29, 0.717) is 11.8 Å². The van der Waals surface area contributed by atoms with Crippen LogP contribution in [0.4, 0.5) is 38.9 Å². The molecule has 58 heavy (non-hydrogen) atoms. The molecule has 0 fully saturated rings. The largest absolute Gasteiger partial charge is 0.342 e. The van der Waals surface area contributed by atoms with E-state index in [1.807, 2.05) is 12.1 Å². The summed E-state index contributed by atoms with van der Waals surface area (Å²) in [5.74, 6) is 0.665. The zero-order chi connectivity index (χ0) is 41.5. The Labute approximate surface area is 346 Å². The summed E-state index contributed by atoms with van der Waals surface area (Å²) in [6, 6.07) is 29.9. The van der Waals surface area contributed by atoms with Crippen LogP contribution in [-0.4, -0.2) is 51.8 Å². The van der Waals surface area contributed by atoms with Gasteiger partial charge < -0.3 is 20.4 Å². The topological polar surface area (TPSA) is 53.6 Å². The molecular weight excluding hydrogens is 713 g/mol. The zero-order valence-electron chi connectivity index (χ0n) is 36.7. The summed E-state index contributed by atoms with van der Waals surface area (Å²) < 4.78 is 4.65. The molecule has 4 aliphatic heterocycles. The number of anilines is 4. The van der Waals surface area contributed by atoms with Crippen LogP contribution in [0.3, 0.4) is 0 Å². The maximum atomic E-state index is 13.6. The minimum atomic E-state index is -0.245. The quantitative estimate of drug-likeness (QED) is 0.192. The molecule has 4 aliphatic rings. The number of carbonyl (C=O) groups excluding carboxylic acids is 1. The summed E-state index contributed by atoms with van der Waals surface area (Å²) in [5, 5.41) is 6.32. The van der Waals surface area contributed by atoms with Crippen molar-refractivity contribution in [1.29, 1.82) is 0 Å². The molecule has 2 N–H and O–H groups in total. The molecule has 4 aromatic rings. The lowest BCUT2D eigenvalue weighted by molar-refractivity contribution is -0.401. The molecule has 2 amide bonds. The lowest BCUT2D eigenvalue weighted by atomic mass is 9.79. The van der Waals surface area contributed by atoms with Gasteiger partial charge in [-0.2, -0.15) is 9.15 Å². The average molecular weight is 775 g/mol. The molecule has 0 spiro atoms. The Balaban J connectivity index is 1.00. The minimum Gasteiger partial charge on any atom is -0.342 e. The molecule has 0 bridgehead atoms. The second kappa shape index (κ2) is 13.9. The Morgan fingerprint density at radius 2 is 0.983 bits per heavy atom. The number of rotatable bonds is 6. The van der Waals surface area contributed by atoms with E-state index < -0.39 is 0 Å². The maximum absolute atomic E-state index is 13.6. The van der Waals surface area contributed by atoms with Gasteiger partial charge in [-0.15, -0.1) is 0 Å². The van der Waals surface area contributed by atoms with Gasteiger partial charge in [0.15, 0.2) is 11.4 Å². The van der Waals surface area contributed by atoms with Gasteiger partial charge in [0.25, 0.3) is 0 Å². The summed E-state index contributed by atoms with van der Waals surface area (Å²) in [5.41, 5.74) is 13.8. The van der Waals surface area contributed by atoms with Crippen molar-refractivity contribution in [2.75, 3.05) is 34.5 Å². The van der Waals surface area contributed by atoms with Crippen LogP contribution in [0.5, 0.6) is 0 Å². The number of carbonyl (C=O) groups is 1. The predicted octanol–water partition coefficient (Wildman–Crippen LogP) is 12.0. The van der Waals surface area contributed by atoms with Crippen molar-refractivity contribution in [1.82, 2.24) is 0 Å². The van der Waals surface area contributed by atoms with Gasteiger partial charge >= 0.3 is 6.03 Å². The molecule has 0 saturated heterocycles. The zero-order valence-corrected chi connectivity index (χ0v) is 36.7. The van der Waals surface area contributed by atoms with Gasteiger partial charge in [0.2, 0.25) is 11.4 Å². The first-order valence-electron chi connectivity index (χ1n) is 21.0. The van der Waals surface area contributed by atoms with Crippen LogP contribution in [0.25, 0.3) is 0 Å². The highest BCUT2D eigenvalue weighted by Gasteiger charge is 2.45. The van der Waals surface area contributed by atoms with Crippen LogP contribution in [0.15, 0.2) is 109 Å². The first-order valence-corrected chi connectivity index (χ1v) is 21.0. The Morgan fingerprint density at radius 3 is 1.36 bits per heavy atom. The number of amides is 2. The molecule has 8 rings (SSSR count). The molecule has 7 heteroatoms. The molecular formula is C51H62N6O+2. The van der Waals surface area contributed by atoms with Gasteiger partial charge in [0.1, 0.15) is 14.1 Å². The van der Waals surface area contributed by atoms with Gasteiger partial charge in [-0.1, -0.05) is 50.2 Å². The predicted molar refractivity (Wildman–Crippen MR) is 244 cm³/mol. The average Bonchev–Trinajstić information content (AvgIpc) is 3.48. The van der Waals surface area contributed by atoms with Crippen LogP contribution in [-0.2, 0) is 10.8 Å². The fourth-order valence-corrected chi connectivity index (χ4v) is 10.8. The molecule has 7 nitrogen and oxygen atoms in total. The third-order valence-electron chi connectivity index (χ3n) is 13.7. The number of para-hydroxylation sites is 2. The highest BCUT2D eigenvalue weighted by molar-refractivity contribution is 6.04. The molecule has 0 aromatic heterocycles. The van der Waals surface area contributed by atoms with E-state index in [9.17, 15) is 4.79 Å². The van der Waals surface area contributed by atoms with Crippen LogP contribution in [0.2, 0.25) is 0 Å². The fourth-order valence-electron chi connectivity index (χ4n) is 10.8. The van der Waals surface area contributed by atoms with E-state index in [4.69, 9.17) is 0 Å². The van der Waals surface area contributed by atoms with Crippen molar-refractivity contribution in [3.8, 4) is 0 Å². The van der Waals surface area contributed by atoms with Gasteiger partial charge in [-0.25, -0.2) is 4.79 Å². The van der Waals surface area contributed by atoms with Gasteiger partial charge in [-0.3, -0.25) is 0 Å². The standard InChI is InChI=1S/C51H61N6O/c1-33-31-48(3,4)56(27-25-45-50(7,8)39-17-13-15-19-43(39)54(45)11)41-23-21-35(29-37(33)41)52-47(58)53-36-22-24-42-38(30-36)34(2)32-49(5,6)57(42)28-26-46-51(9,10)40-18-14-16-20-44(40)55(46)12/h13-30,33-34H,31-32H2,1-12H3,(H-,52,53,58)/q+1/p+1. The normalized spacial score (nSPS) is 22.3. The Hall–Kier alpha value is -5.43. The summed E-state index contributed by atoms with van der Waals surface area (Å²) in [6.45, 7) is 23.1. The fraction of sp³-hybridized carbons (Fsp3) is 0.392. The lowest BCUT2D eigenvalue weighted by Crippen LogP contribution is -2.45. The molecule has 2 unspecified atom stereocenters. The smallest absolute Gasteiger partial charge is 0.323 e. The molecule has 4 aromatic carbocycles. The maximum Gasteiger partial charge on any atom is 0.323 e. The molecule has 0 radical (unpaired) electrons. The van der Waals surface area contributed by atoms with Crippen molar-refractivity contribution in [2.24, 2.45) is 0 Å². The van der Waals surface area contributed by atoms with Crippen LogP contribution >= 0.6 is 0 Å². The second-order valence-corrected chi connectivity index (χ2v) is 19.5. The van der Waals surface area contributed by atoms with E-state index in [2.05, 4.69) is 210 Å². The molecule has 0 aliphatic carbocycles. The van der Waals surface area contributed by atoms with Crippen molar-refractivity contribution in [3.63, 3.8) is 0 Å². The minimum absolute atomic E-state index is 0.0811. The van der Waals surface area contributed by atoms with Crippen molar-refractivity contribution < 1.29 is 13.9 Å². The highest BCUT2D eigenvalue weighted by Crippen LogP contribution is 2.47. The third kappa shape index (κ3) is 6.47. The first-order chi connectivity index (χ1) is 27.3. The number of benzene rings is 4. The van der Waals surface area contributed by atoms with E-state index in [1.165, 1.54) is 56.4 Å². The highest BCUT2D eigenvalue weighted by atomic mass is 16.2. The molecule has 300 valence electrons. The number of nitrogens with zero attached hydrogens (tertiary/aromatic N) is 4. The summed E-state index contributed by atoms with van der Waals surface area (Å²) in [6.07, 6.45) is 11.1. The van der Waals surface area contributed by atoms with E-state index >= 15 is 0 Å². The second-order valence-electron chi connectivity index (χ2n) is 19.5. The molecule has 2 atom stereocenters. The van der Waals surface area contributed by atoms with Crippen molar-refractivity contribution in [3.05, 3.63) is 132 Å². The van der Waals surface area contributed by atoms with Gasteiger partial charge in [0, 0.05) is 81.6 Å². The van der Waals surface area contributed by atoms with E-state index in [1.54, 1.807) is 0 Å². The van der Waals surface area contributed by atoms with Gasteiger partial charge in [0.05, 0.1) is 10.8 Å². The Bertz CT molecular complexity index is 2290. The number of nitrogens with one attached hydrogen (secondary N) is 2. The summed E-state index contributed by atoms with van der Waals surface area (Å²) in [7, 11) is 4.34. The summed E-state index contributed by atoms with van der Waals surface area (Å²) in [4.78, 5) is 18.4. The number of fused-ring (bicyclic) bond motifs is 4. The molecule has 0 saturated carbocycles. The SMILES string of the molecule is CC1CC(C)(C)N(C=CC2=[N+](C)c3ccccc3C2(C)C)c2ccc(NC(=O)Nc3ccc4c(c3)C(C)CC(C)(C)N4C=CC3=[N+](C)c4ccccc4C3(C)C)cc21. The number of hydrogen-bond donors (Lipinski definition) is 2. The number of urea groups is 1. The van der Waals surface area contributed by atoms with Crippen LogP contribution in [0.1, 0.15) is 116 Å². The van der Waals surface area contributed by atoms with Crippen LogP contribution in [0, 0.1) is 0 Å². The van der Waals surface area contributed by atoms with E-state index in [-0.39, 0.29) is 27.9 Å². The van der Waals surface area contributed by atoms with Crippen molar-refractivity contribution >= 4 is 51.6 Å². The molecule has 4 heterocycles. The first kappa shape index (κ1) is 39.4. The third-order valence-corrected chi connectivity index (χ3v) is 13.7. The van der Waals surface area contributed by atoms with Crippen molar-refractivity contribution in [2.45, 2.75) is 116 Å². The van der Waals surface area contributed by atoms with Gasteiger partial charge in [-0.05, 0) is 128 Å². The number of hydrogen-bond acceptors (Lipinski definition) is 3. The number of allylic oxidation sites excluding steroid dienone is 2.